The fourth-order valence-electron chi connectivity index (χ4n) is 3.47. The van der Waals surface area contributed by atoms with E-state index in [4.69, 9.17) is 9.93 Å². The van der Waals surface area contributed by atoms with Gasteiger partial charge in [0.05, 0.1) is 11.3 Å². The van der Waals surface area contributed by atoms with Crippen molar-refractivity contribution in [2.45, 2.75) is 0 Å². The van der Waals surface area contributed by atoms with Crippen molar-refractivity contribution in [1.82, 2.24) is 14.9 Å². The van der Waals surface area contributed by atoms with Gasteiger partial charge in [0.25, 0.3) is 11.5 Å². The van der Waals surface area contributed by atoms with Gasteiger partial charge < -0.3 is 9.84 Å². The van der Waals surface area contributed by atoms with E-state index < -0.39 is 5.91 Å². The van der Waals surface area contributed by atoms with E-state index in [1.807, 2.05) is 78.9 Å². The Bertz CT molecular complexity index is 1380. The standard InChI is InChI=1S/C24H17N5O2/c25-22-20-19(16-10-4-1-5-11-16)21(24(30)26-17-12-6-2-7-13-17)27-29(23(20)28-31-22)18-14-8-3-9-15-18/h1-15,25H,(H,26,30). The number of para-hydroxylation sites is 2. The molecule has 5 rings (SSSR count). The molecule has 31 heavy (non-hydrogen) atoms. The van der Waals surface area contributed by atoms with E-state index in [0.717, 1.165) is 5.56 Å². The van der Waals surface area contributed by atoms with Crippen LogP contribution in [0.15, 0.2) is 95.5 Å². The average molecular weight is 407 g/mol. The zero-order chi connectivity index (χ0) is 21.2. The summed E-state index contributed by atoms with van der Waals surface area (Å²) in [7, 11) is 0. The van der Waals surface area contributed by atoms with Gasteiger partial charge in [0.2, 0.25) is 5.82 Å². The molecule has 0 bridgehead atoms. The van der Waals surface area contributed by atoms with E-state index >= 15 is 0 Å². The third-order valence-corrected chi connectivity index (χ3v) is 4.87. The highest BCUT2D eigenvalue weighted by Crippen LogP contribution is 2.34. The average Bonchev–Trinajstić information content (AvgIpc) is 3.21. The smallest absolute Gasteiger partial charge is 0.276 e. The van der Waals surface area contributed by atoms with Crippen molar-refractivity contribution in [3.63, 3.8) is 0 Å². The second kappa shape index (κ2) is 7.72. The van der Waals surface area contributed by atoms with Gasteiger partial charge in [0.15, 0.2) is 5.69 Å². The van der Waals surface area contributed by atoms with Gasteiger partial charge >= 0.3 is 0 Å². The van der Waals surface area contributed by atoms with E-state index in [1.54, 1.807) is 12.1 Å². The number of nitrogens with one attached hydrogen (secondary N) is 2. The first-order chi connectivity index (χ1) is 15.2. The summed E-state index contributed by atoms with van der Waals surface area (Å²) in [5.74, 6) is -0.0245. The number of amides is 1. The second-order valence-electron chi connectivity index (χ2n) is 6.87. The van der Waals surface area contributed by atoms with Crippen LogP contribution in [0.1, 0.15) is 10.5 Å². The minimum atomic E-state index is -0.391. The summed E-state index contributed by atoms with van der Waals surface area (Å²) in [6.45, 7) is 0. The van der Waals surface area contributed by atoms with E-state index in [2.05, 4.69) is 15.6 Å². The molecular formula is C24H17N5O2. The molecule has 0 fully saturated rings. The minimum Gasteiger partial charge on any atom is -0.334 e. The van der Waals surface area contributed by atoms with Gasteiger partial charge in [-0.2, -0.15) is 5.10 Å². The Morgan fingerprint density at radius 3 is 2.13 bits per heavy atom. The number of benzene rings is 3. The zero-order valence-electron chi connectivity index (χ0n) is 16.3. The highest BCUT2D eigenvalue weighted by Gasteiger charge is 2.29. The molecule has 0 spiro atoms. The maximum Gasteiger partial charge on any atom is 0.276 e. The van der Waals surface area contributed by atoms with Gasteiger partial charge in [-0.1, -0.05) is 71.9 Å². The van der Waals surface area contributed by atoms with Crippen molar-refractivity contribution < 1.29 is 9.32 Å². The van der Waals surface area contributed by atoms with Crippen LogP contribution >= 0.6 is 0 Å². The summed E-state index contributed by atoms with van der Waals surface area (Å²) in [4.78, 5) is 13.4. The van der Waals surface area contributed by atoms with Crippen LogP contribution in [0, 0.1) is 5.41 Å². The summed E-state index contributed by atoms with van der Waals surface area (Å²) in [5, 5.41) is 20.0. The van der Waals surface area contributed by atoms with Crippen molar-refractivity contribution in [3.05, 3.63) is 102 Å². The zero-order valence-corrected chi connectivity index (χ0v) is 16.3. The van der Waals surface area contributed by atoms with E-state index in [0.29, 0.717) is 28.3 Å². The monoisotopic (exact) mass is 407 g/mol. The minimum absolute atomic E-state index is 0.130. The van der Waals surface area contributed by atoms with Crippen molar-refractivity contribution in [2.75, 3.05) is 5.32 Å². The lowest BCUT2D eigenvalue weighted by atomic mass is 9.98. The van der Waals surface area contributed by atoms with E-state index in [-0.39, 0.29) is 11.2 Å². The maximum absolute atomic E-state index is 13.4. The number of hydrogen-bond donors (Lipinski definition) is 2. The normalized spacial score (nSPS) is 10.8. The lowest BCUT2D eigenvalue weighted by Gasteiger charge is -2.17. The number of carbonyl (C=O) groups excluding carboxylic acids is 1. The van der Waals surface area contributed by atoms with Crippen LogP contribution in [0.2, 0.25) is 0 Å². The van der Waals surface area contributed by atoms with Crippen molar-refractivity contribution >= 4 is 11.6 Å². The maximum atomic E-state index is 13.4. The number of aromatic nitrogens is 3. The predicted molar refractivity (Wildman–Crippen MR) is 116 cm³/mol. The van der Waals surface area contributed by atoms with Gasteiger partial charge in [-0.05, 0) is 29.8 Å². The first-order valence-electron chi connectivity index (χ1n) is 9.67. The topological polar surface area (TPSA) is 96.8 Å². The first kappa shape index (κ1) is 18.5. The predicted octanol–water partition coefficient (Wildman–Crippen LogP) is 4.36. The lowest BCUT2D eigenvalue weighted by Crippen LogP contribution is -2.21. The number of hydrogen-bond acceptors (Lipinski definition) is 5. The number of nitrogens with zero attached hydrogens (tertiary/aromatic N) is 3. The highest BCUT2D eigenvalue weighted by molar-refractivity contribution is 6.09. The molecule has 0 aliphatic carbocycles. The van der Waals surface area contributed by atoms with Gasteiger partial charge in [-0.3, -0.25) is 10.2 Å². The molecular weight excluding hydrogens is 390 g/mol. The van der Waals surface area contributed by atoms with Crippen LogP contribution < -0.4 is 10.9 Å². The largest absolute Gasteiger partial charge is 0.334 e. The molecule has 3 aromatic rings. The third-order valence-electron chi connectivity index (χ3n) is 4.87. The molecule has 2 aliphatic heterocycles. The van der Waals surface area contributed by atoms with Crippen LogP contribution in [0.4, 0.5) is 5.69 Å². The van der Waals surface area contributed by atoms with Crippen molar-refractivity contribution in [1.29, 1.82) is 5.41 Å². The molecule has 150 valence electrons. The molecule has 3 aromatic carbocycles. The Hall–Kier alpha value is -4.52. The Kier molecular flexibility index (Phi) is 4.61. The van der Waals surface area contributed by atoms with E-state index in [1.165, 1.54) is 4.68 Å². The molecule has 0 unspecified atom stereocenters. The van der Waals surface area contributed by atoms with Gasteiger partial charge in [-0.25, -0.2) is 4.68 Å². The molecule has 0 aromatic heterocycles. The fraction of sp³-hybridized carbons (Fsp3) is 0. The van der Waals surface area contributed by atoms with Crippen LogP contribution in [-0.2, 0) is 0 Å². The molecule has 2 heterocycles. The number of rotatable bonds is 4. The lowest BCUT2D eigenvalue weighted by molar-refractivity contribution is 0.102. The van der Waals surface area contributed by atoms with Gasteiger partial charge in [-0.15, -0.1) is 0 Å². The summed E-state index contributed by atoms with van der Waals surface area (Å²) in [5.41, 5.74) is 3.06. The molecule has 0 saturated heterocycles. The summed E-state index contributed by atoms with van der Waals surface area (Å²) in [6, 6.07) is 27.9. The Balaban J connectivity index is 1.79. The molecule has 2 aliphatic rings. The Morgan fingerprint density at radius 1 is 0.839 bits per heavy atom. The van der Waals surface area contributed by atoms with Crippen LogP contribution in [0.25, 0.3) is 28.2 Å². The van der Waals surface area contributed by atoms with Gasteiger partial charge in [0, 0.05) is 11.3 Å². The number of fused-ring (bicyclic) bond motifs is 1. The molecule has 7 heteroatoms. The number of carbonyl (C=O) groups is 1. The molecule has 2 N–H and O–H groups in total. The fourth-order valence-corrected chi connectivity index (χ4v) is 3.47. The summed E-state index contributed by atoms with van der Waals surface area (Å²) < 4.78 is 6.75. The van der Waals surface area contributed by atoms with Crippen LogP contribution in [-0.4, -0.2) is 20.8 Å². The molecule has 0 saturated carbocycles. The number of anilines is 1. The molecule has 0 atom stereocenters. The van der Waals surface area contributed by atoms with Crippen molar-refractivity contribution in [2.24, 2.45) is 0 Å². The molecule has 7 nitrogen and oxygen atoms in total. The van der Waals surface area contributed by atoms with Crippen LogP contribution in [0.5, 0.6) is 0 Å². The SMILES string of the molecule is N=c1onc2n(-c3ccccc3)nc(C(=O)Nc3ccccc3)c(-c3ccccc3)c1-2. The van der Waals surface area contributed by atoms with Crippen molar-refractivity contribution in [3.8, 4) is 28.2 Å². The molecule has 0 radical (unpaired) electrons. The highest BCUT2D eigenvalue weighted by atomic mass is 16.5. The third kappa shape index (κ3) is 3.38. The summed E-state index contributed by atoms with van der Waals surface area (Å²) in [6.07, 6.45) is 0. The van der Waals surface area contributed by atoms with Crippen LogP contribution in [0.3, 0.4) is 0 Å². The quantitative estimate of drug-likeness (QED) is 0.462. The Morgan fingerprint density at radius 2 is 1.45 bits per heavy atom. The first-order valence-corrected chi connectivity index (χ1v) is 9.67. The van der Waals surface area contributed by atoms with E-state index in [9.17, 15) is 4.79 Å². The molecule has 1 amide bonds. The Labute approximate surface area is 177 Å². The summed E-state index contributed by atoms with van der Waals surface area (Å²) >= 11 is 0. The second-order valence-corrected chi connectivity index (χ2v) is 6.87. The van der Waals surface area contributed by atoms with Gasteiger partial charge in [0.1, 0.15) is 0 Å².